The van der Waals surface area contributed by atoms with Crippen LogP contribution in [0.4, 0.5) is 0 Å². The molecule has 172 valence electrons. The van der Waals surface area contributed by atoms with Crippen LogP contribution in [-0.2, 0) is 9.59 Å². The molecule has 0 radical (unpaired) electrons. The van der Waals surface area contributed by atoms with E-state index in [9.17, 15) is 9.59 Å². The highest BCUT2D eigenvalue weighted by molar-refractivity contribution is 9.11. The Morgan fingerprint density at radius 1 is 1.18 bits per heavy atom. The second-order valence-electron chi connectivity index (χ2n) is 6.55. The number of amidine groups is 1. The lowest BCUT2D eigenvalue weighted by Gasteiger charge is -2.29. The lowest BCUT2D eigenvalue weighted by molar-refractivity contribution is -0.132. The average molecular weight is 598 g/mol. The fraction of sp³-hybridized carbons (Fsp3) is 0.143. The van der Waals surface area contributed by atoms with Gasteiger partial charge in [-0.1, -0.05) is 15.9 Å². The Morgan fingerprint density at radius 3 is 2.48 bits per heavy atom. The number of hydrogen-bond acceptors (Lipinski definition) is 7. The van der Waals surface area contributed by atoms with E-state index in [4.69, 9.17) is 32.2 Å². The Bertz CT molecular complexity index is 1220. The molecule has 33 heavy (non-hydrogen) atoms. The van der Waals surface area contributed by atoms with Gasteiger partial charge in [-0.25, -0.2) is 10.0 Å². The van der Waals surface area contributed by atoms with Gasteiger partial charge in [0, 0.05) is 22.5 Å². The molecule has 0 aliphatic carbocycles. The summed E-state index contributed by atoms with van der Waals surface area (Å²) in [5, 5.41) is 1.09. The van der Waals surface area contributed by atoms with Gasteiger partial charge >= 0.3 is 5.97 Å². The fourth-order valence-corrected chi connectivity index (χ4v) is 4.41. The van der Waals surface area contributed by atoms with Crippen molar-refractivity contribution in [1.29, 1.82) is 0 Å². The van der Waals surface area contributed by atoms with Crippen molar-refractivity contribution in [2.75, 3.05) is 14.2 Å². The summed E-state index contributed by atoms with van der Waals surface area (Å²) in [4.78, 5) is 28.9. The Hall–Kier alpha value is -2.96. The number of amides is 1. The third-order valence-corrected chi connectivity index (χ3v) is 5.55. The first-order valence-corrected chi connectivity index (χ1v) is 11.2. The number of hydrazine groups is 1. The molecule has 0 unspecified atom stereocenters. The molecule has 3 N–H and O–H groups in total. The number of methoxy groups -OCH3 is 2. The van der Waals surface area contributed by atoms with Gasteiger partial charge in [-0.15, -0.1) is 0 Å². The summed E-state index contributed by atoms with van der Waals surface area (Å²) in [6.07, 6.45) is 1.49. The number of thiocarbonyl (C=S) groups is 1. The largest absolute Gasteiger partial charge is 0.493 e. The van der Waals surface area contributed by atoms with Crippen molar-refractivity contribution in [2.24, 2.45) is 10.7 Å². The Morgan fingerprint density at radius 2 is 1.88 bits per heavy atom. The molecule has 12 heteroatoms. The van der Waals surface area contributed by atoms with E-state index < -0.39 is 11.9 Å². The second kappa shape index (κ2) is 10.3. The van der Waals surface area contributed by atoms with Gasteiger partial charge in [0.1, 0.15) is 5.70 Å². The molecule has 0 spiro atoms. The monoisotopic (exact) mass is 596 g/mol. The van der Waals surface area contributed by atoms with Crippen LogP contribution in [0.25, 0.3) is 6.08 Å². The normalized spacial score (nSPS) is 14.5. The maximum atomic E-state index is 12.8. The number of benzene rings is 2. The van der Waals surface area contributed by atoms with Crippen molar-refractivity contribution in [2.45, 2.75) is 6.92 Å². The zero-order chi connectivity index (χ0) is 24.3. The number of nitrogens with zero attached hydrogens (tertiary/aromatic N) is 2. The van der Waals surface area contributed by atoms with Crippen molar-refractivity contribution in [1.82, 2.24) is 10.4 Å². The molecule has 0 fully saturated rings. The minimum absolute atomic E-state index is 0.0330. The zero-order valence-corrected chi connectivity index (χ0v) is 21.6. The maximum absolute atomic E-state index is 12.8. The van der Waals surface area contributed by atoms with Crippen molar-refractivity contribution in [3.8, 4) is 17.2 Å². The lowest BCUT2D eigenvalue weighted by Crippen LogP contribution is -2.55. The molecule has 0 saturated carbocycles. The number of carbonyl (C=O) groups is 2. The number of rotatable bonds is 5. The standard InChI is InChI=1S/C21H18Br2N4O5S/c1-10(28)32-18-12(6-13(22)9-14(18)23)7-15-20(29)26-27(21(24)33)19(25-15)11-4-5-16(30-2)17(8-11)31-3/h4-9H,1-3H3,(H2,24,33)(H,26,29)/b15-7-. The Labute approximate surface area is 211 Å². The van der Waals surface area contributed by atoms with Gasteiger partial charge in [-0.05, 0) is 64.6 Å². The molecular weight excluding hydrogens is 580 g/mol. The number of hydrogen-bond donors (Lipinski definition) is 2. The SMILES string of the molecule is COc1ccc(C2=N/C(=C\c3cc(Br)cc(Br)c3OC(C)=O)C(=O)NN2C(N)=S)cc1OC. The van der Waals surface area contributed by atoms with Gasteiger partial charge in [0.25, 0.3) is 5.91 Å². The fourth-order valence-electron chi connectivity index (χ4n) is 2.94. The van der Waals surface area contributed by atoms with E-state index in [0.717, 1.165) is 0 Å². The van der Waals surface area contributed by atoms with Gasteiger partial charge in [-0.2, -0.15) is 0 Å². The number of nitrogens with two attached hydrogens (primary N) is 1. The molecular formula is C21H18Br2N4O5S. The van der Waals surface area contributed by atoms with E-state index >= 15 is 0 Å². The minimum atomic E-state index is -0.558. The van der Waals surface area contributed by atoms with Crippen molar-refractivity contribution in [3.05, 3.63) is 56.1 Å². The lowest BCUT2D eigenvalue weighted by atomic mass is 10.1. The summed E-state index contributed by atoms with van der Waals surface area (Å²) in [5.74, 6) is 0.403. The van der Waals surface area contributed by atoms with Crippen LogP contribution in [0.15, 0.2) is 50.0 Å². The summed E-state index contributed by atoms with van der Waals surface area (Å²) in [5.41, 5.74) is 9.46. The number of carbonyl (C=O) groups excluding carboxylic acids is 2. The zero-order valence-electron chi connectivity index (χ0n) is 17.6. The van der Waals surface area contributed by atoms with E-state index in [1.807, 2.05) is 0 Å². The molecule has 1 aliphatic heterocycles. The van der Waals surface area contributed by atoms with Crippen LogP contribution < -0.4 is 25.4 Å². The highest BCUT2D eigenvalue weighted by atomic mass is 79.9. The summed E-state index contributed by atoms with van der Waals surface area (Å²) >= 11 is 11.9. The molecule has 3 rings (SSSR count). The molecule has 1 aliphatic rings. The maximum Gasteiger partial charge on any atom is 0.308 e. The first kappa shape index (κ1) is 24.7. The number of halogens is 2. The predicted octanol–water partition coefficient (Wildman–Crippen LogP) is 3.53. The summed E-state index contributed by atoms with van der Waals surface area (Å²) in [6, 6.07) is 8.50. The van der Waals surface area contributed by atoms with Gasteiger partial charge in [0.05, 0.1) is 18.7 Å². The molecule has 0 atom stereocenters. The van der Waals surface area contributed by atoms with E-state index in [0.29, 0.717) is 31.6 Å². The summed E-state index contributed by atoms with van der Waals surface area (Å²) in [6.45, 7) is 1.28. The smallest absolute Gasteiger partial charge is 0.308 e. The minimum Gasteiger partial charge on any atom is -0.493 e. The Balaban J connectivity index is 2.19. The Kier molecular flexibility index (Phi) is 7.72. The van der Waals surface area contributed by atoms with Crippen molar-refractivity contribution < 1.29 is 23.8 Å². The molecule has 0 aromatic heterocycles. The topological polar surface area (TPSA) is 115 Å². The number of esters is 1. The van der Waals surface area contributed by atoms with Crippen LogP contribution in [0.1, 0.15) is 18.1 Å². The summed E-state index contributed by atoms with van der Waals surface area (Å²) < 4.78 is 17.2. The van der Waals surface area contributed by atoms with Crippen molar-refractivity contribution in [3.63, 3.8) is 0 Å². The summed E-state index contributed by atoms with van der Waals surface area (Å²) in [7, 11) is 3.03. The van der Waals surface area contributed by atoms with Gasteiger partial charge < -0.3 is 19.9 Å². The van der Waals surface area contributed by atoms with E-state index in [-0.39, 0.29) is 22.4 Å². The van der Waals surface area contributed by atoms with Crippen LogP contribution in [0.3, 0.4) is 0 Å². The quantitative estimate of drug-likeness (QED) is 0.233. The first-order valence-electron chi connectivity index (χ1n) is 9.25. The first-order chi connectivity index (χ1) is 15.6. The van der Waals surface area contributed by atoms with Crippen LogP contribution in [-0.4, -0.2) is 42.1 Å². The molecule has 2 aromatic carbocycles. The van der Waals surface area contributed by atoms with Crippen molar-refractivity contribution >= 4 is 73.0 Å². The third-order valence-electron chi connectivity index (χ3n) is 4.32. The van der Waals surface area contributed by atoms with Gasteiger partial charge in [-0.3, -0.25) is 15.0 Å². The number of aliphatic imine (C=N–C) groups is 1. The van der Waals surface area contributed by atoms with Gasteiger partial charge in [0.2, 0.25) is 0 Å². The molecule has 0 bridgehead atoms. The molecule has 1 heterocycles. The average Bonchev–Trinajstić information content (AvgIpc) is 2.76. The molecule has 2 aromatic rings. The molecule has 1 amide bonds. The third kappa shape index (κ3) is 5.52. The second-order valence-corrected chi connectivity index (χ2v) is 8.74. The predicted molar refractivity (Wildman–Crippen MR) is 134 cm³/mol. The number of nitrogens with one attached hydrogen (secondary N) is 1. The van der Waals surface area contributed by atoms with E-state index in [1.165, 1.54) is 32.2 Å². The van der Waals surface area contributed by atoms with Crippen LogP contribution in [0, 0.1) is 0 Å². The highest BCUT2D eigenvalue weighted by Gasteiger charge is 2.28. The highest BCUT2D eigenvalue weighted by Crippen LogP contribution is 2.35. The molecule has 9 nitrogen and oxygen atoms in total. The number of ether oxygens (including phenoxy) is 3. The van der Waals surface area contributed by atoms with E-state index in [1.54, 1.807) is 30.3 Å². The van der Waals surface area contributed by atoms with Crippen LogP contribution in [0.2, 0.25) is 0 Å². The van der Waals surface area contributed by atoms with Crippen LogP contribution in [0.5, 0.6) is 17.2 Å². The molecule has 0 saturated heterocycles. The van der Waals surface area contributed by atoms with Gasteiger partial charge in [0.15, 0.2) is 28.2 Å². The van der Waals surface area contributed by atoms with E-state index in [2.05, 4.69) is 42.3 Å². The van der Waals surface area contributed by atoms with Crippen LogP contribution >= 0.6 is 44.1 Å².